The molecule has 0 radical (unpaired) electrons. The van der Waals surface area contributed by atoms with E-state index in [9.17, 15) is 9.18 Å². The molecule has 1 aromatic carbocycles. The van der Waals surface area contributed by atoms with Gasteiger partial charge in [0.25, 0.3) is 0 Å². The molecule has 10 heteroatoms. The normalized spacial score (nSPS) is 16.9. The Morgan fingerprint density at radius 3 is 3.07 bits per heavy atom. The first-order chi connectivity index (χ1) is 13.6. The number of urea groups is 1. The number of piperidine rings is 1. The third-order valence-electron chi connectivity index (χ3n) is 4.68. The number of rotatable bonds is 4. The highest BCUT2D eigenvalue weighted by Gasteiger charge is 2.26. The first kappa shape index (κ1) is 18.1. The lowest BCUT2D eigenvalue weighted by atomic mass is 10.1. The molecule has 3 N–H and O–H groups in total. The van der Waals surface area contributed by atoms with E-state index in [1.54, 1.807) is 27.8 Å². The standard InChI is InChI=1S/C18H20FN7O2/c19-13-4-1-3-12(7-13)16-8-17(23-28-16)21-18(27)25-6-2-5-15(11-25)26-10-14(9-20)22-24-26/h1,3-4,7-8,10,15H,2,5-6,9,11,20H2,(H,21,23,27). The van der Waals surface area contributed by atoms with E-state index in [2.05, 4.69) is 20.8 Å². The van der Waals surface area contributed by atoms with E-state index in [0.717, 1.165) is 12.8 Å². The molecule has 28 heavy (non-hydrogen) atoms. The summed E-state index contributed by atoms with van der Waals surface area (Å²) in [5.74, 6) is 0.283. The highest BCUT2D eigenvalue weighted by molar-refractivity contribution is 5.88. The molecule has 0 bridgehead atoms. The van der Waals surface area contributed by atoms with Crippen molar-refractivity contribution in [3.63, 3.8) is 0 Å². The van der Waals surface area contributed by atoms with Crippen LogP contribution in [-0.4, -0.2) is 44.2 Å². The molecule has 1 aliphatic heterocycles. The Hall–Kier alpha value is -3.27. The molecule has 2 aromatic heterocycles. The summed E-state index contributed by atoms with van der Waals surface area (Å²) in [5, 5.41) is 14.7. The first-order valence-electron chi connectivity index (χ1n) is 9.02. The predicted molar refractivity (Wildman–Crippen MR) is 98.7 cm³/mol. The van der Waals surface area contributed by atoms with Crippen LogP contribution in [0.5, 0.6) is 0 Å². The number of nitrogens with two attached hydrogens (primary N) is 1. The van der Waals surface area contributed by atoms with E-state index in [1.165, 1.54) is 12.1 Å². The Balaban J connectivity index is 1.41. The SMILES string of the molecule is NCc1cn(C2CCCN(C(=O)Nc3cc(-c4cccc(F)c4)on3)C2)nn1. The number of amides is 2. The second kappa shape index (κ2) is 7.77. The van der Waals surface area contributed by atoms with E-state index in [1.807, 2.05) is 6.20 Å². The lowest BCUT2D eigenvalue weighted by Crippen LogP contribution is -2.43. The van der Waals surface area contributed by atoms with Gasteiger partial charge in [-0.25, -0.2) is 13.9 Å². The molecular weight excluding hydrogens is 365 g/mol. The maximum absolute atomic E-state index is 13.4. The van der Waals surface area contributed by atoms with Crippen LogP contribution >= 0.6 is 0 Å². The number of hydrogen-bond donors (Lipinski definition) is 2. The van der Waals surface area contributed by atoms with Gasteiger partial charge in [-0.05, 0) is 25.0 Å². The Bertz CT molecular complexity index is 970. The van der Waals surface area contributed by atoms with Crippen molar-refractivity contribution in [2.45, 2.75) is 25.4 Å². The van der Waals surface area contributed by atoms with Gasteiger partial charge in [-0.1, -0.05) is 22.5 Å². The van der Waals surface area contributed by atoms with Crippen LogP contribution in [0, 0.1) is 5.82 Å². The summed E-state index contributed by atoms with van der Waals surface area (Å²) in [6.07, 6.45) is 3.57. The molecule has 9 nitrogen and oxygen atoms in total. The fourth-order valence-corrected chi connectivity index (χ4v) is 3.24. The van der Waals surface area contributed by atoms with Crippen LogP contribution < -0.4 is 11.1 Å². The van der Waals surface area contributed by atoms with Crippen molar-refractivity contribution in [2.24, 2.45) is 5.73 Å². The number of halogens is 1. The van der Waals surface area contributed by atoms with E-state index in [0.29, 0.717) is 36.7 Å². The Morgan fingerprint density at radius 2 is 2.29 bits per heavy atom. The molecule has 0 saturated carbocycles. The minimum Gasteiger partial charge on any atom is -0.354 e. The largest absolute Gasteiger partial charge is 0.354 e. The molecule has 3 aromatic rings. The van der Waals surface area contributed by atoms with E-state index in [4.69, 9.17) is 10.3 Å². The number of nitrogens with zero attached hydrogens (tertiary/aromatic N) is 5. The number of aromatic nitrogens is 4. The number of hydrogen-bond acceptors (Lipinski definition) is 6. The van der Waals surface area contributed by atoms with Crippen molar-refractivity contribution in [3.05, 3.63) is 48.0 Å². The maximum Gasteiger partial charge on any atom is 0.323 e. The summed E-state index contributed by atoms with van der Waals surface area (Å²) >= 11 is 0. The molecular formula is C18H20FN7O2. The Kier molecular flexibility index (Phi) is 5.02. The number of benzene rings is 1. The summed E-state index contributed by atoms with van der Waals surface area (Å²) < 4.78 is 20.3. The van der Waals surface area contributed by atoms with Gasteiger partial charge in [0.15, 0.2) is 11.6 Å². The van der Waals surface area contributed by atoms with Crippen molar-refractivity contribution in [1.82, 2.24) is 25.1 Å². The summed E-state index contributed by atoms with van der Waals surface area (Å²) in [5.41, 5.74) is 6.85. The minimum atomic E-state index is -0.371. The predicted octanol–water partition coefficient (Wildman–Crippen LogP) is 2.40. The number of carbonyl (C=O) groups is 1. The molecule has 3 heterocycles. The van der Waals surface area contributed by atoms with Gasteiger partial charge < -0.3 is 15.2 Å². The molecule has 1 fully saturated rings. The van der Waals surface area contributed by atoms with Crippen LogP contribution in [0.15, 0.2) is 41.1 Å². The number of anilines is 1. The van der Waals surface area contributed by atoms with Gasteiger partial charge in [-0.2, -0.15) is 0 Å². The van der Waals surface area contributed by atoms with Gasteiger partial charge in [-0.15, -0.1) is 5.10 Å². The quantitative estimate of drug-likeness (QED) is 0.713. The van der Waals surface area contributed by atoms with Crippen molar-refractivity contribution >= 4 is 11.8 Å². The maximum atomic E-state index is 13.4. The van der Waals surface area contributed by atoms with E-state index >= 15 is 0 Å². The van der Waals surface area contributed by atoms with Crippen LogP contribution in [0.2, 0.25) is 0 Å². The van der Waals surface area contributed by atoms with Crippen molar-refractivity contribution in [3.8, 4) is 11.3 Å². The monoisotopic (exact) mass is 385 g/mol. The van der Waals surface area contributed by atoms with Crippen LogP contribution in [-0.2, 0) is 6.54 Å². The van der Waals surface area contributed by atoms with Gasteiger partial charge in [0, 0.05) is 31.3 Å². The molecule has 4 rings (SSSR count). The summed E-state index contributed by atoms with van der Waals surface area (Å²) in [6.45, 7) is 1.47. The molecule has 1 aliphatic rings. The molecule has 1 unspecified atom stereocenters. The minimum absolute atomic E-state index is 0.0486. The van der Waals surface area contributed by atoms with Crippen LogP contribution in [0.25, 0.3) is 11.3 Å². The fourth-order valence-electron chi connectivity index (χ4n) is 3.24. The second-order valence-corrected chi connectivity index (χ2v) is 6.65. The van der Waals surface area contributed by atoms with Gasteiger partial charge >= 0.3 is 6.03 Å². The van der Waals surface area contributed by atoms with Crippen LogP contribution in [0.3, 0.4) is 0 Å². The van der Waals surface area contributed by atoms with Crippen molar-refractivity contribution < 1.29 is 13.7 Å². The Labute approximate surface area is 160 Å². The lowest BCUT2D eigenvalue weighted by Gasteiger charge is -2.32. The molecule has 2 amide bonds. The number of nitrogens with one attached hydrogen (secondary N) is 1. The van der Waals surface area contributed by atoms with Crippen LogP contribution in [0.1, 0.15) is 24.6 Å². The summed E-state index contributed by atoms with van der Waals surface area (Å²) in [4.78, 5) is 14.3. The first-order valence-corrected chi connectivity index (χ1v) is 9.02. The van der Waals surface area contributed by atoms with Crippen molar-refractivity contribution in [1.29, 1.82) is 0 Å². The van der Waals surface area contributed by atoms with Crippen LogP contribution in [0.4, 0.5) is 15.0 Å². The smallest absolute Gasteiger partial charge is 0.323 e. The van der Waals surface area contributed by atoms with Gasteiger partial charge in [0.2, 0.25) is 0 Å². The zero-order valence-corrected chi connectivity index (χ0v) is 15.1. The fraction of sp³-hybridized carbons (Fsp3) is 0.333. The average Bonchev–Trinajstić information content (AvgIpc) is 3.38. The lowest BCUT2D eigenvalue weighted by molar-refractivity contribution is 0.174. The van der Waals surface area contributed by atoms with Gasteiger partial charge in [-0.3, -0.25) is 5.32 Å². The molecule has 1 atom stereocenters. The average molecular weight is 385 g/mol. The topological polar surface area (TPSA) is 115 Å². The third kappa shape index (κ3) is 3.86. The highest BCUT2D eigenvalue weighted by atomic mass is 19.1. The second-order valence-electron chi connectivity index (χ2n) is 6.65. The molecule has 1 saturated heterocycles. The van der Waals surface area contributed by atoms with Gasteiger partial charge in [0.05, 0.1) is 17.9 Å². The number of carbonyl (C=O) groups excluding carboxylic acids is 1. The summed E-state index contributed by atoms with van der Waals surface area (Å²) in [6, 6.07) is 7.32. The highest BCUT2D eigenvalue weighted by Crippen LogP contribution is 2.24. The molecule has 0 spiro atoms. The molecule has 0 aliphatic carbocycles. The van der Waals surface area contributed by atoms with E-state index in [-0.39, 0.29) is 23.7 Å². The van der Waals surface area contributed by atoms with Gasteiger partial charge in [0.1, 0.15) is 5.82 Å². The summed E-state index contributed by atoms with van der Waals surface area (Å²) in [7, 11) is 0. The third-order valence-corrected chi connectivity index (χ3v) is 4.68. The Morgan fingerprint density at radius 1 is 1.39 bits per heavy atom. The van der Waals surface area contributed by atoms with E-state index < -0.39 is 0 Å². The zero-order chi connectivity index (χ0) is 19.5. The number of likely N-dealkylation sites (tertiary alicyclic amines) is 1. The molecule has 146 valence electrons. The zero-order valence-electron chi connectivity index (χ0n) is 15.1. The van der Waals surface area contributed by atoms with Crippen molar-refractivity contribution in [2.75, 3.05) is 18.4 Å².